The van der Waals surface area contributed by atoms with Crippen molar-refractivity contribution < 1.29 is 4.74 Å². The van der Waals surface area contributed by atoms with Crippen molar-refractivity contribution in [3.8, 4) is 0 Å². The Morgan fingerprint density at radius 2 is 1.88 bits per heavy atom. The molecule has 3 heterocycles. The van der Waals surface area contributed by atoms with Crippen LogP contribution in [0.4, 0.5) is 23.1 Å². The molecule has 0 radical (unpaired) electrons. The van der Waals surface area contributed by atoms with Gasteiger partial charge in [-0.05, 0) is 35.7 Å². The van der Waals surface area contributed by atoms with Crippen molar-refractivity contribution in [3.05, 3.63) is 35.7 Å². The van der Waals surface area contributed by atoms with Gasteiger partial charge in [-0.25, -0.2) is 4.98 Å². The third-order valence-electron chi connectivity index (χ3n) is 4.04. The van der Waals surface area contributed by atoms with Gasteiger partial charge in [0.25, 0.3) is 0 Å². The largest absolute Gasteiger partial charge is 0.378 e. The van der Waals surface area contributed by atoms with E-state index in [1.165, 1.54) is 5.69 Å². The molecule has 1 saturated heterocycles. The molecule has 0 spiro atoms. The number of aromatic nitrogens is 2. The summed E-state index contributed by atoms with van der Waals surface area (Å²) < 4.78 is 6.47. The zero-order valence-corrected chi connectivity index (χ0v) is 14.3. The minimum absolute atomic E-state index is 0.601. The number of anilines is 4. The van der Waals surface area contributed by atoms with Crippen molar-refractivity contribution >= 4 is 44.7 Å². The summed E-state index contributed by atoms with van der Waals surface area (Å²) >= 11 is 1.64. The average Bonchev–Trinajstić information content (AvgIpc) is 3.11. The van der Waals surface area contributed by atoms with Gasteiger partial charge in [-0.15, -0.1) is 11.3 Å². The lowest BCUT2D eigenvalue weighted by Gasteiger charge is -2.28. The molecule has 24 heavy (non-hydrogen) atoms. The number of morpholine rings is 1. The maximum atomic E-state index is 5.40. The predicted octanol–water partition coefficient (Wildman–Crippen LogP) is 3.31. The molecule has 1 aliphatic heterocycles. The van der Waals surface area contributed by atoms with Crippen LogP contribution in [0.25, 0.3) is 10.2 Å². The molecule has 6 nitrogen and oxygen atoms in total. The molecule has 0 bridgehead atoms. The van der Waals surface area contributed by atoms with Crippen molar-refractivity contribution in [1.29, 1.82) is 0 Å². The van der Waals surface area contributed by atoms with E-state index in [2.05, 4.69) is 49.8 Å². The molecule has 2 aromatic heterocycles. The second kappa shape index (κ2) is 6.62. The third-order valence-corrected chi connectivity index (χ3v) is 4.95. The molecule has 124 valence electrons. The second-order valence-electron chi connectivity index (χ2n) is 5.55. The Labute approximate surface area is 144 Å². The van der Waals surface area contributed by atoms with E-state index in [4.69, 9.17) is 4.74 Å². The molecule has 4 rings (SSSR count). The minimum atomic E-state index is 0.601. The molecule has 0 aliphatic carbocycles. The van der Waals surface area contributed by atoms with Crippen LogP contribution in [0, 0.1) is 0 Å². The first kappa shape index (κ1) is 15.2. The number of hydrogen-bond acceptors (Lipinski definition) is 7. The van der Waals surface area contributed by atoms with Gasteiger partial charge in [0.05, 0.1) is 23.4 Å². The number of rotatable bonds is 4. The lowest BCUT2D eigenvalue weighted by atomic mass is 10.2. The van der Waals surface area contributed by atoms with Gasteiger partial charge < -0.3 is 20.3 Å². The van der Waals surface area contributed by atoms with Gasteiger partial charge in [0.1, 0.15) is 5.82 Å². The molecule has 7 heteroatoms. The van der Waals surface area contributed by atoms with Crippen LogP contribution < -0.4 is 15.5 Å². The van der Waals surface area contributed by atoms with E-state index < -0.39 is 0 Å². The topological polar surface area (TPSA) is 62.3 Å². The first-order chi connectivity index (χ1) is 11.8. The maximum absolute atomic E-state index is 5.40. The number of thiophene rings is 1. The summed E-state index contributed by atoms with van der Waals surface area (Å²) in [6, 6.07) is 10.4. The van der Waals surface area contributed by atoms with Crippen LogP contribution in [0.5, 0.6) is 0 Å². The van der Waals surface area contributed by atoms with Crippen LogP contribution >= 0.6 is 11.3 Å². The van der Waals surface area contributed by atoms with E-state index in [9.17, 15) is 0 Å². The van der Waals surface area contributed by atoms with Crippen molar-refractivity contribution in [2.24, 2.45) is 0 Å². The molecule has 0 saturated carbocycles. The van der Waals surface area contributed by atoms with E-state index in [0.717, 1.165) is 48.0 Å². The van der Waals surface area contributed by atoms with Crippen LogP contribution in [-0.4, -0.2) is 43.3 Å². The SMILES string of the molecule is CNc1nc(Nc2ccc(N3CCOCC3)cc2)nc2ccsc12. The van der Waals surface area contributed by atoms with E-state index in [0.29, 0.717) is 5.95 Å². The lowest BCUT2D eigenvalue weighted by Crippen LogP contribution is -2.36. The van der Waals surface area contributed by atoms with E-state index >= 15 is 0 Å². The number of ether oxygens (including phenoxy) is 1. The van der Waals surface area contributed by atoms with Gasteiger partial charge in [0, 0.05) is 31.5 Å². The smallest absolute Gasteiger partial charge is 0.229 e. The zero-order chi connectivity index (χ0) is 16.4. The number of nitrogens with zero attached hydrogens (tertiary/aromatic N) is 3. The van der Waals surface area contributed by atoms with E-state index in [-0.39, 0.29) is 0 Å². The molecule has 1 fully saturated rings. The summed E-state index contributed by atoms with van der Waals surface area (Å²) in [7, 11) is 1.88. The highest BCUT2D eigenvalue weighted by atomic mass is 32.1. The van der Waals surface area contributed by atoms with Gasteiger partial charge in [-0.3, -0.25) is 0 Å². The van der Waals surface area contributed by atoms with Crippen LogP contribution in [0.1, 0.15) is 0 Å². The molecule has 3 aromatic rings. The monoisotopic (exact) mass is 341 g/mol. The molecule has 2 N–H and O–H groups in total. The Balaban J connectivity index is 1.54. The van der Waals surface area contributed by atoms with Crippen molar-refractivity contribution in [2.75, 3.05) is 48.9 Å². The normalized spacial score (nSPS) is 14.8. The molecule has 1 aliphatic rings. The fourth-order valence-electron chi connectivity index (χ4n) is 2.80. The highest BCUT2D eigenvalue weighted by molar-refractivity contribution is 7.17. The molecule has 0 amide bonds. The Morgan fingerprint density at radius 1 is 1.08 bits per heavy atom. The van der Waals surface area contributed by atoms with Crippen molar-refractivity contribution in [1.82, 2.24) is 9.97 Å². The first-order valence-electron chi connectivity index (χ1n) is 7.96. The summed E-state index contributed by atoms with van der Waals surface area (Å²) in [5.41, 5.74) is 3.14. The maximum Gasteiger partial charge on any atom is 0.229 e. The van der Waals surface area contributed by atoms with Crippen molar-refractivity contribution in [2.45, 2.75) is 0 Å². The first-order valence-corrected chi connectivity index (χ1v) is 8.84. The standard InChI is InChI=1S/C17H19N5OS/c1-18-16-15-14(6-11-24-15)20-17(21-16)19-12-2-4-13(5-3-12)22-7-9-23-10-8-22/h2-6,11H,7-10H2,1H3,(H2,18,19,20,21). The fraction of sp³-hybridized carbons (Fsp3) is 0.294. The van der Waals surface area contributed by atoms with E-state index in [1.54, 1.807) is 11.3 Å². The fourth-order valence-corrected chi connectivity index (χ4v) is 3.62. The van der Waals surface area contributed by atoms with Crippen LogP contribution in [0.3, 0.4) is 0 Å². The summed E-state index contributed by atoms with van der Waals surface area (Å²) in [4.78, 5) is 11.5. The quantitative estimate of drug-likeness (QED) is 0.759. The summed E-state index contributed by atoms with van der Waals surface area (Å²) in [5, 5.41) is 8.45. The molecular formula is C17H19N5OS. The third kappa shape index (κ3) is 3.00. The van der Waals surface area contributed by atoms with Gasteiger partial charge in [0.15, 0.2) is 0 Å². The van der Waals surface area contributed by atoms with Gasteiger partial charge in [0.2, 0.25) is 5.95 Å². The van der Waals surface area contributed by atoms with Crippen LogP contribution in [0.2, 0.25) is 0 Å². The van der Waals surface area contributed by atoms with Gasteiger partial charge >= 0.3 is 0 Å². The predicted molar refractivity (Wildman–Crippen MR) is 99.7 cm³/mol. The Morgan fingerprint density at radius 3 is 2.62 bits per heavy atom. The molecular weight excluding hydrogens is 322 g/mol. The zero-order valence-electron chi connectivity index (χ0n) is 13.5. The highest BCUT2D eigenvalue weighted by Gasteiger charge is 2.11. The number of benzene rings is 1. The van der Waals surface area contributed by atoms with Crippen LogP contribution in [0.15, 0.2) is 35.7 Å². The van der Waals surface area contributed by atoms with E-state index in [1.807, 2.05) is 18.5 Å². The summed E-state index contributed by atoms with van der Waals surface area (Å²) in [6.07, 6.45) is 0. The Kier molecular flexibility index (Phi) is 4.18. The molecule has 0 atom stereocenters. The summed E-state index contributed by atoms with van der Waals surface area (Å²) in [5.74, 6) is 1.45. The lowest BCUT2D eigenvalue weighted by molar-refractivity contribution is 0.122. The number of hydrogen-bond donors (Lipinski definition) is 2. The van der Waals surface area contributed by atoms with Crippen molar-refractivity contribution in [3.63, 3.8) is 0 Å². The highest BCUT2D eigenvalue weighted by Crippen LogP contribution is 2.28. The Hall–Kier alpha value is -2.38. The molecule has 1 aromatic carbocycles. The van der Waals surface area contributed by atoms with Gasteiger partial charge in [-0.2, -0.15) is 4.98 Å². The average molecular weight is 341 g/mol. The van der Waals surface area contributed by atoms with Crippen LogP contribution in [-0.2, 0) is 4.74 Å². The summed E-state index contributed by atoms with van der Waals surface area (Å²) in [6.45, 7) is 3.47. The molecule has 0 unspecified atom stereocenters. The number of nitrogens with one attached hydrogen (secondary N) is 2. The number of fused-ring (bicyclic) bond motifs is 1. The minimum Gasteiger partial charge on any atom is -0.378 e. The second-order valence-corrected chi connectivity index (χ2v) is 6.47. The Bertz CT molecular complexity index is 827. The van der Waals surface area contributed by atoms with Gasteiger partial charge in [-0.1, -0.05) is 0 Å².